The summed E-state index contributed by atoms with van der Waals surface area (Å²) in [6.07, 6.45) is -9.84. The van der Waals surface area contributed by atoms with Gasteiger partial charge in [-0.25, -0.2) is 0 Å². The molecule has 1 aliphatic carbocycles. The second kappa shape index (κ2) is 4.83. The molecule has 7 heteroatoms. The number of rotatable bonds is 0. The average Bonchev–Trinajstić information content (AvgIpc) is 2.08. The van der Waals surface area contributed by atoms with Crippen LogP contribution in [0, 0.1) is 0 Å². The summed E-state index contributed by atoms with van der Waals surface area (Å²) < 4.78 is 0. The Morgan fingerprint density at radius 2 is 0.462 bits per heavy atom. The molecule has 6 nitrogen and oxygen atoms in total. The predicted octanol–water partition coefficient (Wildman–Crippen LogP) is -3.84. The third-order valence-corrected chi connectivity index (χ3v) is 2.10. The van der Waals surface area contributed by atoms with Crippen molar-refractivity contribution in [2.45, 2.75) is 36.6 Å². The van der Waals surface area contributed by atoms with E-state index in [-0.39, 0.29) is 22.4 Å². The van der Waals surface area contributed by atoms with Crippen LogP contribution in [-0.2, 0) is 22.4 Å². The van der Waals surface area contributed by atoms with Gasteiger partial charge in [0.15, 0.2) is 0 Å². The molecule has 0 aromatic heterocycles. The largest absolute Gasteiger partial charge is 0.387 e. The van der Waals surface area contributed by atoms with E-state index in [0.717, 1.165) is 0 Å². The number of aliphatic hydroxyl groups excluding tert-OH is 6. The Balaban J connectivity index is 0.00000144. The Labute approximate surface area is 90.0 Å². The predicted molar refractivity (Wildman–Crippen MR) is 36.0 cm³/mol. The van der Waals surface area contributed by atoms with E-state index < -0.39 is 36.6 Å². The van der Waals surface area contributed by atoms with Crippen LogP contribution in [0.5, 0.6) is 0 Å². The molecule has 83 valence electrons. The van der Waals surface area contributed by atoms with Crippen molar-refractivity contribution >= 4 is 0 Å². The molecule has 0 spiro atoms. The fourth-order valence-electron chi connectivity index (χ4n) is 1.21. The molecular weight excluding hydrogens is 365 g/mol. The minimum absolute atomic E-state index is 0. The van der Waals surface area contributed by atoms with E-state index in [1.165, 1.54) is 0 Å². The van der Waals surface area contributed by atoms with Crippen molar-refractivity contribution in [3.05, 3.63) is 0 Å². The van der Waals surface area contributed by atoms with Crippen LogP contribution in [0.15, 0.2) is 0 Å². The van der Waals surface area contributed by atoms with Gasteiger partial charge in [-0.2, -0.15) is 0 Å². The van der Waals surface area contributed by atoms with Gasteiger partial charge in [-0.05, 0) is 0 Å². The summed E-state index contributed by atoms with van der Waals surface area (Å²) in [5, 5.41) is 53.8. The Morgan fingerprint density at radius 1 is 0.385 bits per heavy atom. The summed E-state index contributed by atoms with van der Waals surface area (Å²) in [4.78, 5) is 0. The van der Waals surface area contributed by atoms with E-state index in [9.17, 15) is 0 Å². The van der Waals surface area contributed by atoms with E-state index in [1.807, 2.05) is 0 Å². The van der Waals surface area contributed by atoms with Crippen LogP contribution < -0.4 is 0 Å². The summed E-state index contributed by atoms with van der Waals surface area (Å²) in [6.45, 7) is 0. The minimum Gasteiger partial charge on any atom is -0.387 e. The molecule has 0 saturated heterocycles. The maximum Gasteiger partial charge on any atom is 0.111 e. The summed E-state index contributed by atoms with van der Waals surface area (Å²) in [7, 11) is 0. The fourth-order valence-corrected chi connectivity index (χ4v) is 1.21. The third-order valence-electron chi connectivity index (χ3n) is 2.10. The van der Waals surface area contributed by atoms with Gasteiger partial charge < -0.3 is 30.6 Å². The van der Waals surface area contributed by atoms with Crippen LogP contribution in [0.3, 0.4) is 0 Å². The van der Waals surface area contributed by atoms with Gasteiger partial charge in [0.1, 0.15) is 36.6 Å². The summed E-state index contributed by atoms with van der Waals surface area (Å²) in [5.74, 6) is 0. The first-order valence-electron chi connectivity index (χ1n) is 3.55. The zero-order chi connectivity index (χ0) is 9.46. The molecule has 0 bridgehead atoms. The van der Waals surface area contributed by atoms with E-state index in [4.69, 9.17) is 30.6 Å². The average molecular weight is 377 g/mol. The molecule has 0 unspecified atom stereocenters. The molecular formula is C6H12AuO6. The van der Waals surface area contributed by atoms with E-state index in [1.54, 1.807) is 0 Å². The number of hydrogen-bond donors (Lipinski definition) is 6. The van der Waals surface area contributed by atoms with Crippen molar-refractivity contribution in [2.24, 2.45) is 0 Å². The quantitative estimate of drug-likeness (QED) is 0.241. The molecule has 1 aliphatic rings. The monoisotopic (exact) mass is 377 g/mol. The Morgan fingerprint density at radius 3 is 0.538 bits per heavy atom. The molecule has 0 aromatic rings. The van der Waals surface area contributed by atoms with Gasteiger partial charge in [0.2, 0.25) is 0 Å². The minimum atomic E-state index is -1.64. The molecule has 13 heavy (non-hydrogen) atoms. The maximum absolute atomic E-state index is 8.97. The Kier molecular flexibility index (Phi) is 5.02. The van der Waals surface area contributed by atoms with Crippen LogP contribution in [-0.4, -0.2) is 67.3 Å². The van der Waals surface area contributed by atoms with Gasteiger partial charge >= 0.3 is 0 Å². The van der Waals surface area contributed by atoms with Crippen molar-refractivity contribution in [1.82, 2.24) is 0 Å². The first-order chi connectivity index (χ1) is 5.46. The van der Waals surface area contributed by atoms with Crippen LogP contribution in [0.4, 0.5) is 0 Å². The van der Waals surface area contributed by atoms with Crippen molar-refractivity contribution in [1.29, 1.82) is 0 Å². The maximum atomic E-state index is 8.97. The van der Waals surface area contributed by atoms with E-state index in [0.29, 0.717) is 0 Å². The van der Waals surface area contributed by atoms with Crippen molar-refractivity contribution in [3.63, 3.8) is 0 Å². The zero-order valence-electron chi connectivity index (χ0n) is 6.45. The zero-order valence-corrected chi connectivity index (χ0v) is 8.62. The number of aliphatic hydroxyl groups is 6. The van der Waals surface area contributed by atoms with Crippen molar-refractivity contribution in [3.8, 4) is 0 Å². The second-order valence-electron chi connectivity index (χ2n) is 2.94. The standard InChI is InChI=1S/C6H12O6.Au/c7-1-2(8)4(10)6(12)5(11)3(1)9;/h1-12H;/t1-,2-,3-,4+,5-,6-;. The second-order valence-corrected chi connectivity index (χ2v) is 2.94. The topological polar surface area (TPSA) is 121 Å². The van der Waals surface area contributed by atoms with Crippen LogP contribution in [0.25, 0.3) is 0 Å². The normalized spacial score (nSPS) is 51.2. The van der Waals surface area contributed by atoms with Crippen LogP contribution in [0.1, 0.15) is 0 Å². The van der Waals surface area contributed by atoms with Crippen molar-refractivity contribution < 1.29 is 53.0 Å². The Hall–Kier alpha value is 0.500. The van der Waals surface area contributed by atoms with Crippen LogP contribution >= 0.6 is 0 Å². The molecule has 1 fully saturated rings. The van der Waals surface area contributed by atoms with Gasteiger partial charge in [0.05, 0.1) is 0 Å². The van der Waals surface area contributed by atoms with Gasteiger partial charge in [-0.15, -0.1) is 0 Å². The summed E-state index contributed by atoms with van der Waals surface area (Å²) in [6, 6.07) is 0. The molecule has 1 rings (SSSR count). The van der Waals surface area contributed by atoms with Gasteiger partial charge in [-0.1, -0.05) is 0 Å². The smallest absolute Gasteiger partial charge is 0.111 e. The molecule has 6 N–H and O–H groups in total. The third kappa shape index (κ3) is 2.30. The molecule has 0 heterocycles. The van der Waals surface area contributed by atoms with Crippen LogP contribution in [0.2, 0.25) is 0 Å². The Bertz CT molecular complexity index is 109. The van der Waals surface area contributed by atoms with Gasteiger partial charge in [0.25, 0.3) is 0 Å². The molecule has 1 saturated carbocycles. The molecule has 1 radical (unpaired) electrons. The summed E-state index contributed by atoms with van der Waals surface area (Å²) >= 11 is 0. The molecule has 0 atom stereocenters. The summed E-state index contributed by atoms with van der Waals surface area (Å²) in [5.41, 5.74) is 0. The first-order valence-corrected chi connectivity index (χ1v) is 3.55. The fraction of sp³-hybridized carbons (Fsp3) is 1.00. The number of hydrogen-bond acceptors (Lipinski definition) is 6. The van der Waals surface area contributed by atoms with Gasteiger partial charge in [0, 0.05) is 22.4 Å². The van der Waals surface area contributed by atoms with E-state index >= 15 is 0 Å². The molecule has 0 aliphatic heterocycles. The van der Waals surface area contributed by atoms with Crippen molar-refractivity contribution in [2.75, 3.05) is 0 Å². The first kappa shape index (κ1) is 13.5. The molecule has 0 aromatic carbocycles. The van der Waals surface area contributed by atoms with E-state index in [2.05, 4.69) is 0 Å². The molecule has 0 amide bonds. The SMILES string of the molecule is O[C@H]1[C@H](O)[C@@H](O)[C@H](O)[C@@H](O)[C@H]1O.[Au]. The van der Waals surface area contributed by atoms with Gasteiger partial charge in [-0.3, -0.25) is 0 Å².